The van der Waals surface area contributed by atoms with Crippen molar-refractivity contribution in [3.8, 4) is 67.5 Å². The second kappa shape index (κ2) is 13.1. The van der Waals surface area contributed by atoms with Crippen LogP contribution in [0, 0.1) is 0 Å². The van der Waals surface area contributed by atoms with E-state index in [-0.39, 0.29) is 0 Å². The molecule has 0 aliphatic heterocycles. The minimum Gasteiger partial charge on any atom is -0.208 e. The highest BCUT2D eigenvalue weighted by Gasteiger charge is 2.17. The second-order valence-electron chi connectivity index (χ2n) is 13.2. The minimum atomic E-state index is 0.646. The molecule has 0 bridgehead atoms. The molecule has 0 amide bonds. The molecule has 0 unspecified atom stereocenters. The van der Waals surface area contributed by atoms with Gasteiger partial charge in [-0.3, -0.25) is 0 Å². The van der Waals surface area contributed by atoms with Crippen molar-refractivity contribution in [3.63, 3.8) is 0 Å². The van der Waals surface area contributed by atoms with E-state index in [1.165, 1.54) is 47.6 Å². The number of hydrogen-bond acceptors (Lipinski definition) is 4. The van der Waals surface area contributed by atoms with Crippen LogP contribution in [0.25, 0.3) is 98.5 Å². The summed E-state index contributed by atoms with van der Waals surface area (Å²) in [6.07, 6.45) is 0. The van der Waals surface area contributed by atoms with Gasteiger partial charge in [-0.15, -0.1) is 11.3 Å². The van der Waals surface area contributed by atoms with Crippen molar-refractivity contribution in [3.05, 3.63) is 188 Å². The van der Waals surface area contributed by atoms with Crippen LogP contribution in [0.5, 0.6) is 0 Å². The number of fused-ring (bicyclic) bond motifs is 4. The third kappa shape index (κ3) is 5.85. The minimum absolute atomic E-state index is 0.646. The molecule has 248 valence electrons. The van der Waals surface area contributed by atoms with Crippen molar-refractivity contribution < 1.29 is 0 Å². The molecule has 0 spiro atoms. The molecule has 0 saturated heterocycles. The first-order valence-electron chi connectivity index (χ1n) is 17.8. The van der Waals surface area contributed by atoms with Gasteiger partial charge in [-0.2, -0.15) is 0 Å². The lowest BCUT2D eigenvalue weighted by Gasteiger charge is -2.11. The monoisotopic (exact) mass is 693 g/mol. The lowest BCUT2D eigenvalue weighted by molar-refractivity contribution is 1.08. The first kappa shape index (κ1) is 31.0. The zero-order chi connectivity index (χ0) is 35.1. The average molecular weight is 694 g/mol. The summed E-state index contributed by atoms with van der Waals surface area (Å²) >= 11 is 1.79. The van der Waals surface area contributed by atoms with E-state index in [2.05, 4.69) is 182 Å². The third-order valence-electron chi connectivity index (χ3n) is 9.97. The fourth-order valence-corrected chi connectivity index (χ4v) is 8.37. The maximum atomic E-state index is 5.15. The normalized spacial score (nSPS) is 11.4. The lowest BCUT2D eigenvalue weighted by Crippen LogP contribution is -2.00. The first-order chi connectivity index (χ1) is 26.2. The Kier molecular flexibility index (Phi) is 7.67. The second-order valence-corrected chi connectivity index (χ2v) is 14.3. The number of aromatic nitrogens is 3. The molecule has 10 rings (SSSR count). The van der Waals surface area contributed by atoms with Gasteiger partial charge in [-0.05, 0) is 62.4 Å². The Bertz CT molecular complexity index is 2910. The van der Waals surface area contributed by atoms with Crippen LogP contribution in [0.15, 0.2) is 188 Å². The van der Waals surface area contributed by atoms with Gasteiger partial charge in [0.2, 0.25) is 0 Å². The average Bonchev–Trinajstić information content (AvgIpc) is 3.63. The summed E-state index contributed by atoms with van der Waals surface area (Å²) in [4.78, 5) is 15.4. The van der Waals surface area contributed by atoms with Gasteiger partial charge in [0.25, 0.3) is 0 Å². The fourth-order valence-electron chi connectivity index (χ4n) is 7.16. The molecule has 0 atom stereocenters. The molecule has 0 saturated carbocycles. The summed E-state index contributed by atoms with van der Waals surface area (Å²) in [7, 11) is 0. The lowest BCUT2D eigenvalue weighted by atomic mass is 9.99. The number of rotatable bonds is 6. The fraction of sp³-hybridized carbons (Fsp3) is 0. The number of hydrogen-bond donors (Lipinski definition) is 0. The highest BCUT2D eigenvalue weighted by molar-refractivity contribution is 7.26. The van der Waals surface area contributed by atoms with Crippen LogP contribution >= 0.6 is 11.3 Å². The molecule has 4 heteroatoms. The maximum absolute atomic E-state index is 5.15. The van der Waals surface area contributed by atoms with E-state index >= 15 is 0 Å². The molecule has 8 aromatic carbocycles. The standard InChI is InChI=1S/C49H31N3S/c1-2-9-32(10-3-1)34-17-19-35(20-18-34)36-21-26-38(27-22-36)47-50-48(39-28-23-37(24-29-39)41-30-25-33-11-4-5-12-40(33)31-41)52-49(51-47)44-15-8-14-43-42-13-6-7-16-45(42)53-46(43)44/h1-31H. The Morgan fingerprint density at radius 2 is 0.774 bits per heavy atom. The SMILES string of the molecule is c1ccc(-c2ccc(-c3ccc(-c4nc(-c5ccc(-c6ccc7ccccc7c6)cc5)nc(-c5cccc6c5sc5ccccc56)n4)cc3)cc2)cc1. The Labute approximate surface area is 311 Å². The van der Waals surface area contributed by atoms with Crippen molar-refractivity contribution in [1.29, 1.82) is 0 Å². The molecule has 0 aliphatic carbocycles. The molecule has 2 aromatic heterocycles. The molecule has 2 heterocycles. The van der Waals surface area contributed by atoms with Crippen molar-refractivity contribution in [2.45, 2.75) is 0 Å². The van der Waals surface area contributed by atoms with E-state index in [1.54, 1.807) is 11.3 Å². The smallest absolute Gasteiger partial charge is 0.165 e. The van der Waals surface area contributed by atoms with Gasteiger partial charge in [0.05, 0.1) is 0 Å². The predicted octanol–water partition coefficient (Wildman–Crippen LogP) is 13.4. The van der Waals surface area contributed by atoms with Gasteiger partial charge in [0.1, 0.15) is 0 Å². The van der Waals surface area contributed by atoms with Crippen molar-refractivity contribution in [2.75, 3.05) is 0 Å². The molecule has 3 nitrogen and oxygen atoms in total. The van der Waals surface area contributed by atoms with Gasteiger partial charge in [0, 0.05) is 36.9 Å². The zero-order valence-electron chi connectivity index (χ0n) is 28.6. The Morgan fingerprint density at radius 3 is 1.43 bits per heavy atom. The highest BCUT2D eigenvalue weighted by Crippen LogP contribution is 2.40. The molecular formula is C49H31N3S. The predicted molar refractivity (Wildman–Crippen MR) is 223 cm³/mol. The summed E-state index contributed by atoms with van der Waals surface area (Å²) in [5.41, 5.74) is 9.94. The Morgan fingerprint density at radius 1 is 0.302 bits per heavy atom. The van der Waals surface area contributed by atoms with Gasteiger partial charge in [0.15, 0.2) is 17.5 Å². The molecule has 53 heavy (non-hydrogen) atoms. The first-order valence-corrected chi connectivity index (χ1v) is 18.6. The molecule has 0 fully saturated rings. The maximum Gasteiger partial charge on any atom is 0.165 e. The van der Waals surface area contributed by atoms with E-state index in [1.807, 2.05) is 6.07 Å². The van der Waals surface area contributed by atoms with Crippen LogP contribution in [0.4, 0.5) is 0 Å². The van der Waals surface area contributed by atoms with Crippen LogP contribution in [0.2, 0.25) is 0 Å². The van der Waals surface area contributed by atoms with E-state index in [0.29, 0.717) is 17.5 Å². The van der Waals surface area contributed by atoms with Crippen molar-refractivity contribution in [2.24, 2.45) is 0 Å². The number of nitrogens with zero attached hydrogens (tertiary/aromatic N) is 3. The van der Waals surface area contributed by atoms with E-state index in [4.69, 9.17) is 15.0 Å². The van der Waals surface area contributed by atoms with Crippen LogP contribution in [0.1, 0.15) is 0 Å². The van der Waals surface area contributed by atoms with Crippen molar-refractivity contribution >= 4 is 42.3 Å². The summed E-state index contributed by atoms with van der Waals surface area (Å²) in [5, 5.41) is 4.93. The summed E-state index contributed by atoms with van der Waals surface area (Å²) in [6, 6.07) is 66.4. The van der Waals surface area contributed by atoms with Gasteiger partial charge in [-0.1, -0.05) is 170 Å². The van der Waals surface area contributed by atoms with Crippen LogP contribution in [0.3, 0.4) is 0 Å². The largest absolute Gasteiger partial charge is 0.208 e. The topological polar surface area (TPSA) is 38.7 Å². The van der Waals surface area contributed by atoms with Crippen LogP contribution in [-0.2, 0) is 0 Å². The molecule has 0 N–H and O–H groups in total. The van der Waals surface area contributed by atoms with E-state index in [9.17, 15) is 0 Å². The van der Waals surface area contributed by atoms with Crippen LogP contribution < -0.4 is 0 Å². The molecular weight excluding hydrogens is 663 g/mol. The van der Waals surface area contributed by atoms with Crippen LogP contribution in [-0.4, -0.2) is 15.0 Å². The zero-order valence-corrected chi connectivity index (χ0v) is 29.5. The van der Waals surface area contributed by atoms with Gasteiger partial charge in [-0.25, -0.2) is 15.0 Å². The van der Waals surface area contributed by atoms with Gasteiger partial charge >= 0.3 is 0 Å². The van der Waals surface area contributed by atoms with E-state index in [0.717, 1.165) is 33.4 Å². The highest BCUT2D eigenvalue weighted by atomic mass is 32.1. The van der Waals surface area contributed by atoms with Gasteiger partial charge < -0.3 is 0 Å². The molecule has 10 aromatic rings. The van der Waals surface area contributed by atoms with E-state index < -0.39 is 0 Å². The number of benzene rings is 8. The number of thiophene rings is 1. The summed E-state index contributed by atoms with van der Waals surface area (Å²) in [6.45, 7) is 0. The Balaban J connectivity index is 1.05. The Hall–Kier alpha value is -6.75. The molecule has 0 radical (unpaired) electrons. The molecule has 0 aliphatic rings. The third-order valence-corrected chi connectivity index (χ3v) is 11.2. The summed E-state index contributed by atoms with van der Waals surface area (Å²) < 4.78 is 2.43. The van der Waals surface area contributed by atoms with Crippen molar-refractivity contribution in [1.82, 2.24) is 15.0 Å². The summed E-state index contributed by atoms with van der Waals surface area (Å²) in [5.74, 6) is 1.96. The quantitative estimate of drug-likeness (QED) is 0.174.